The van der Waals surface area contributed by atoms with Crippen LogP contribution in [0.1, 0.15) is 31.9 Å². The van der Waals surface area contributed by atoms with Crippen molar-refractivity contribution in [1.82, 2.24) is 0 Å². The van der Waals surface area contributed by atoms with E-state index in [0.29, 0.717) is 0 Å². The highest BCUT2D eigenvalue weighted by Gasteiger charge is 2.08. The van der Waals surface area contributed by atoms with Crippen LogP contribution in [0.4, 0.5) is 0 Å². The standard InChI is InChI=1S/C16H21N/c1-11(2)10-15(16(17)12(3)4)14-9-7-6-8-13(14)5/h6-10H,1,17H2,2-5H3/b15-10-. The molecular weight excluding hydrogens is 206 g/mol. The van der Waals surface area contributed by atoms with E-state index >= 15 is 0 Å². The van der Waals surface area contributed by atoms with Gasteiger partial charge in [-0.25, -0.2) is 0 Å². The average molecular weight is 227 g/mol. The zero-order chi connectivity index (χ0) is 13.0. The van der Waals surface area contributed by atoms with Crippen molar-refractivity contribution in [1.29, 1.82) is 0 Å². The van der Waals surface area contributed by atoms with Gasteiger partial charge < -0.3 is 5.73 Å². The maximum Gasteiger partial charge on any atom is 0.0380 e. The maximum absolute atomic E-state index is 6.18. The Bertz CT molecular complexity index is 486. The van der Waals surface area contributed by atoms with Crippen LogP contribution in [-0.2, 0) is 0 Å². The van der Waals surface area contributed by atoms with E-state index in [9.17, 15) is 0 Å². The van der Waals surface area contributed by atoms with Crippen molar-refractivity contribution in [2.75, 3.05) is 0 Å². The summed E-state index contributed by atoms with van der Waals surface area (Å²) in [5.41, 5.74) is 12.6. The maximum atomic E-state index is 6.18. The van der Waals surface area contributed by atoms with Crippen molar-refractivity contribution in [2.24, 2.45) is 5.73 Å². The van der Waals surface area contributed by atoms with Crippen LogP contribution >= 0.6 is 0 Å². The van der Waals surface area contributed by atoms with Gasteiger partial charge in [-0.3, -0.25) is 0 Å². The molecule has 17 heavy (non-hydrogen) atoms. The molecule has 0 aliphatic rings. The third kappa shape index (κ3) is 3.35. The summed E-state index contributed by atoms with van der Waals surface area (Å²) in [6.07, 6.45) is 2.05. The molecular formula is C16H21N. The number of hydrogen-bond acceptors (Lipinski definition) is 1. The Balaban J connectivity index is 3.42. The Labute approximate surface area is 104 Å². The van der Waals surface area contributed by atoms with Gasteiger partial charge in [0.05, 0.1) is 0 Å². The molecule has 90 valence electrons. The number of rotatable bonds is 3. The van der Waals surface area contributed by atoms with Crippen LogP contribution in [0.15, 0.2) is 53.8 Å². The van der Waals surface area contributed by atoms with E-state index < -0.39 is 0 Å². The molecule has 2 N–H and O–H groups in total. The lowest BCUT2D eigenvalue weighted by atomic mass is 9.95. The molecule has 1 aromatic carbocycles. The monoisotopic (exact) mass is 227 g/mol. The van der Waals surface area contributed by atoms with Crippen molar-refractivity contribution in [3.8, 4) is 0 Å². The van der Waals surface area contributed by atoms with Gasteiger partial charge in [-0.1, -0.05) is 42.0 Å². The summed E-state index contributed by atoms with van der Waals surface area (Å²) in [5.74, 6) is 0. The zero-order valence-corrected chi connectivity index (χ0v) is 11.2. The van der Waals surface area contributed by atoms with Crippen LogP contribution in [-0.4, -0.2) is 0 Å². The molecule has 0 aromatic heterocycles. The number of nitrogens with two attached hydrogens (primary N) is 1. The third-order valence-electron chi connectivity index (χ3n) is 2.65. The highest BCUT2D eigenvalue weighted by atomic mass is 14.6. The molecule has 0 bridgehead atoms. The minimum absolute atomic E-state index is 0.835. The summed E-state index contributed by atoms with van der Waals surface area (Å²) in [6, 6.07) is 8.27. The third-order valence-corrected chi connectivity index (χ3v) is 2.65. The van der Waals surface area contributed by atoms with E-state index in [-0.39, 0.29) is 0 Å². The smallest absolute Gasteiger partial charge is 0.0380 e. The van der Waals surface area contributed by atoms with Crippen LogP contribution in [0, 0.1) is 6.92 Å². The van der Waals surface area contributed by atoms with Crippen LogP contribution < -0.4 is 5.73 Å². The van der Waals surface area contributed by atoms with Crippen molar-refractivity contribution >= 4 is 5.57 Å². The summed E-state index contributed by atoms with van der Waals surface area (Å²) < 4.78 is 0. The van der Waals surface area contributed by atoms with Gasteiger partial charge in [-0.05, 0) is 44.9 Å². The van der Waals surface area contributed by atoms with Crippen molar-refractivity contribution in [2.45, 2.75) is 27.7 Å². The van der Waals surface area contributed by atoms with Gasteiger partial charge in [0.1, 0.15) is 0 Å². The fourth-order valence-corrected chi connectivity index (χ4v) is 1.69. The fraction of sp³-hybridized carbons (Fsp3) is 0.250. The second kappa shape index (κ2) is 5.53. The van der Waals surface area contributed by atoms with Gasteiger partial charge in [-0.2, -0.15) is 0 Å². The molecule has 0 aliphatic carbocycles. The lowest BCUT2D eigenvalue weighted by Gasteiger charge is -2.13. The zero-order valence-electron chi connectivity index (χ0n) is 11.2. The second-order valence-corrected chi connectivity index (χ2v) is 4.63. The minimum Gasteiger partial charge on any atom is -0.398 e. The van der Waals surface area contributed by atoms with Gasteiger partial charge in [0.25, 0.3) is 0 Å². The molecule has 0 heterocycles. The average Bonchev–Trinajstić information content (AvgIpc) is 2.25. The van der Waals surface area contributed by atoms with E-state index in [0.717, 1.165) is 22.4 Å². The molecule has 0 atom stereocenters. The number of aryl methyl sites for hydroxylation is 1. The van der Waals surface area contributed by atoms with E-state index in [4.69, 9.17) is 5.73 Å². The number of allylic oxidation sites excluding steroid dienone is 4. The molecule has 0 saturated heterocycles. The first-order valence-corrected chi connectivity index (χ1v) is 5.80. The molecule has 0 saturated carbocycles. The molecule has 1 nitrogen and oxygen atoms in total. The van der Waals surface area contributed by atoms with Crippen molar-refractivity contribution in [3.63, 3.8) is 0 Å². The molecule has 0 amide bonds. The second-order valence-electron chi connectivity index (χ2n) is 4.63. The summed E-state index contributed by atoms with van der Waals surface area (Å²) in [4.78, 5) is 0. The Hall–Kier alpha value is -1.76. The summed E-state index contributed by atoms with van der Waals surface area (Å²) in [6.45, 7) is 12.1. The first kappa shape index (κ1) is 13.3. The fourth-order valence-electron chi connectivity index (χ4n) is 1.69. The molecule has 0 fully saturated rings. The first-order valence-electron chi connectivity index (χ1n) is 5.80. The lowest BCUT2D eigenvalue weighted by molar-refractivity contribution is 1.25. The normalized spacial score (nSPS) is 11.2. The minimum atomic E-state index is 0.835. The summed E-state index contributed by atoms with van der Waals surface area (Å²) >= 11 is 0. The van der Waals surface area contributed by atoms with E-state index in [1.54, 1.807) is 0 Å². The molecule has 1 rings (SSSR count). The SMILES string of the molecule is C=C(C)/C=C(\C(N)=C(C)C)c1ccccc1C. The number of benzene rings is 1. The van der Waals surface area contributed by atoms with Gasteiger partial charge in [0.2, 0.25) is 0 Å². The predicted octanol–water partition coefficient (Wildman–Crippen LogP) is 4.21. The van der Waals surface area contributed by atoms with Crippen LogP contribution in [0.5, 0.6) is 0 Å². The molecule has 0 unspecified atom stereocenters. The van der Waals surface area contributed by atoms with E-state index in [1.807, 2.05) is 39.0 Å². The Kier molecular flexibility index (Phi) is 4.33. The van der Waals surface area contributed by atoms with Crippen LogP contribution in [0.2, 0.25) is 0 Å². The summed E-state index contributed by atoms with van der Waals surface area (Å²) in [7, 11) is 0. The Morgan fingerprint density at radius 2 is 1.76 bits per heavy atom. The van der Waals surface area contributed by atoms with Crippen molar-refractivity contribution < 1.29 is 0 Å². The molecule has 0 aliphatic heterocycles. The topological polar surface area (TPSA) is 26.0 Å². The van der Waals surface area contributed by atoms with Gasteiger partial charge >= 0.3 is 0 Å². The number of hydrogen-bond donors (Lipinski definition) is 1. The highest BCUT2D eigenvalue weighted by Crippen LogP contribution is 2.26. The van der Waals surface area contributed by atoms with Gasteiger partial charge in [-0.15, -0.1) is 0 Å². The summed E-state index contributed by atoms with van der Waals surface area (Å²) in [5, 5.41) is 0. The predicted molar refractivity (Wildman–Crippen MR) is 76.5 cm³/mol. The molecule has 1 aromatic rings. The van der Waals surface area contributed by atoms with Crippen LogP contribution in [0.25, 0.3) is 5.57 Å². The quantitative estimate of drug-likeness (QED) is 0.769. The highest BCUT2D eigenvalue weighted by molar-refractivity contribution is 5.81. The molecule has 0 radical (unpaired) electrons. The Morgan fingerprint density at radius 3 is 2.24 bits per heavy atom. The molecule has 1 heteroatoms. The lowest BCUT2D eigenvalue weighted by Crippen LogP contribution is -2.04. The van der Waals surface area contributed by atoms with Crippen molar-refractivity contribution in [3.05, 3.63) is 64.9 Å². The van der Waals surface area contributed by atoms with Crippen LogP contribution in [0.3, 0.4) is 0 Å². The van der Waals surface area contributed by atoms with E-state index in [2.05, 4.69) is 25.6 Å². The molecule has 0 spiro atoms. The van der Waals surface area contributed by atoms with E-state index in [1.165, 1.54) is 11.1 Å². The largest absolute Gasteiger partial charge is 0.398 e. The first-order chi connectivity index (χ1) is 7.93. The Morgan fingerprint density at radius 1 is 1.18 bits per heavy atom. The van der Waals surface area contributed by atoms with Gasteiger partial charge in [0.15, 0.2) is 0 Å². The van der Waals surface area contributed by atoms with Gasteiger partial charge in [0, 0.05) is 11.3 Å².